The van der Waals surface area contributed by atoms with Crippen LogP contribution in [0, 0.1) is 10.1 Å². The quantitative estimate of drug-likeness (QED) is 0.266. The number of aromatic nitrogens is 1. The number of hydrogen-bond donors (Lipinski definition) is 2. The standard InChI is InChI=1S/C9H12ClN6O2/c10-8-2-1-7(5-13-8)6-16(15(17)18)4-3-12-9(16)14-11/h1-2,5H,3-4,6,11H2,(H,12,14)/q+1. The summed E-state index contributed by atoms with van der Waals surface area (Å²) in [4.78, 5) is 15.2. The summed E-state index contributed by atoms with van der Waals surface area (Å²) in [6, 6.07) is 3.29. The minimum Gasteiger partial charge on any atom is -0.316 e. The molecular weight excluding hydrogens is 260 g/mol. The number of hydrazone groups is 1. The van der Waals surface area contributed by atoms with Gasteiger partial charge in [-0.25, -0.2) is 15.1 Å². The molecule has 2 rings (SSSR count). The van der Waals surface area contributed by atoms with Crippen molar-refractivity contribution in [1.82, 2.24) is 10.3 Å². The first-order valence-corrected chi connectivity index (χ1v) is 5.61. The molecular formula is C9H12ClN6O2+. The Hall–Kier alpha value is -1.93. The van der Waals surface area contributed by atoms with Crippen LogP contribution in [-0.2, 0) is 6.54 Å². The van der Waals surface area contributed by atoms with Crippen molar-refractivity contribution in [2.24, 2.45) is 10.9 Å². The Morgan fingerprint density at radius 1 is 1.67 bits per heavy atom. The highest BCUT2D eigenvalue weighted by Gasteiger charge is 2.52. The smallest absolute Gasteiger partial charge is 0.316 e. The van der Waals surface area contributed by atoms with Gasteiger partial charge < -0.3 is 11.2 Å². The van der Waals surface area contributed by atoms with E-state index < -0.39 is 9.62 Å². The number of quaternary nitrogens is 1. The first-order chi connectivity index (χ1) is 8.58. The van der Waals surface area contributed by atoms with E-state index in [4.69, 9.17) is 17.4 Å². The van der Waals surface area contributed by atoms with Gasteiger partial charge in [-0.1, -0.05) is 11.6 Å². The molecule has 1 aliphatic heterocycles. The fourth-order valence-corrected chi connectivity index (χ4v) is 2.04. The Kier molecular flexibility index (Phi) is 3.30. The summed E-state index contributed by atoms with van der Waals surface area (Å²) < 4.78 is -0.542. The first kappa shape index (κ1) is 12.5. The van der Waals surface area contributed by atoms with Gasteiger partial charge in [0.05, 0.1) is 6.54 Å². The van der Waals surface area contributed by atoms with Crippen LogP contribution in [0.2, 0.25) is 5.15 Å². The molecule has 0 amide bonds. The SMILES string of the molecule is NN=C1NCC[N+]1(Cc1ccc(Cl)nc1)[N+](=O)[O-]. The van der Waals surface area contributed by atoms with Crippen LogP contribution in [0.3, 0.4) is 0 Å². The number of nitro groups is 1. The molecule has 18 heavy (non-hydrogen) atoms. The molecule has 1 aliphatic rings. The van der Waals surface area contributed by atoms with Gasteiger partial charge in [0.2, 0.25) is 5.03 Å². The highest BCUT2D eigenvalue weighted by molar-refractivity contribution is 6.29. The molecule has 0 aromatic carbocycles. The average Bonchev–Trinajstić information content (AvgIpc) is 2.76. The minimum atomic E-state index is -0.542. The number of rotatable bonds is 3. The van der Waals surface area contributed by atoms with Crippen molar-refractivity contribution < 1.29 is 9.62 Å². The number of nitrogens with one attached hydrogen (secondary N) is 1. The summed E-state index contributed by atoms with van der Waals surface area (Å²) in [6.45, 7) is 0.865. The summed E-state index contributed by atoms with van der Waals surface area (Å²) in [7, 11) is 0. The van der Waals surface area contributed by atoms with E-state index in [1.807, 2.05) is 0 Å². The molecule has 2 heterocycles. The second-order valence-electron chi connectivity index (χ2n) is 3.91. The van der Waals surface area contributed by atoms with Gasteiger partial charge in [0.15, 0.2) is 13.1 Å². The van der Waals surface area contributed by atoms with E-state index in [0.29, 0.717) is 17.3 Å². The number of nitrogens with zero attached hydrogens (tertiary/aromatic N) is 4. The lowest BCUT2D eigenvalue weighted by Gasteiger charge is -2.19. The highest BCUT2D eigenvalue weighted by Crippen LogP contribution is 2.19. The van der Waals surface area contributed by atoms with Gasteiger partial charge in [0.1, 0.15) is 5.15 Å². The minimum absolute atomic E-state index is 0.125. The van der Waals surface area contributed by atoms with Crippen molar-refractivity contribution in [3.05, 3.63) is 39.2 Å². The molecule has 0 aliphatic carbocycles. The Morgan fingerprint density at radius 3 is 3.00 bits per heavy atom. The summed E-state index contributed by atoms with van der Waals surface area (Å²) in [5.41, 5.74) is 0.695. The molecule has 9 heteroatoms. The lowest BCUT2D eigenvalue weighted by Crippen LogP contribution is -2.55. The molecule has 1 unspecified atom stereocenters. The van der Waals surface area contributed by atoms with Crippen LogP contribution < -0.4 is 11.2 Å². The number of halogens is 1. The van der Waals surface area contributed by atoms with Gasteiger partial charge in [0, 0.05) is 16.4 Å². The monoisotopic (exact) mass is 271 g/mol. The van der Waals surface area contributed by atoms with Crippen molar-refractivity contribution in [2.75, 3.05) is 13.1 Å². The summed E-state index contributed by atoms with van der Waals surface area (Å²) in [5, 5.41) is 17.5. The van der Waals surface area contributed by atoms with Crippen LogP contribution in [0.15, 0.2) is 23.4 Å². The number of nitrogens with two attached hydrogens (primary N) is 1. The van der Waals surface area contributed by atoms with Crippen molar-refractivity contribution in [2.45, 2.75) is 6.54 Å². The summed E-state index contributed by atoms with van der Waals surface area (Å²) in [5.74, 6) is 5.34. The maximum Gasteiger partial charge on any atom is 0.382 e. The summed E-state index contributed by atoms with van der Waals surface area (Å²) in [6.07, 6.45) is 1.51. The number of guanidine groups is 1. The molecule has 1 atom stereocenters. The van der Waals surface area contributed by atoms with Crippen LogP contribution in [-0.4, -0.2) is 33.7 Å². The van der Waals surface area contributed by atoms with Crippen molar-refractivity contribution >= 4 is 17.6 Å². The average molecular weight is 272 g/mol. The maximum absolute atomic E-state index is 11.3. The van der Waals surface area contributed by atoms with Gasteiger partial charge in [-0.15, -0.1) is 5.10 Å². The predicted molar refractivity (Wildman–Crippen MR) is 64.7 cm³/mol. The van der Waals surface area contributed by atoms with Gasteiger partial charge >= 0.3 is 5.96 Å². The van der Waals surface area contributed by atoms with Crippen LogP contribution >= 0.6 is 11.6 Å². The zero-order valence-corrected chi connectivity index (χ0v) is 10.2. The lowest BCUT2D eigenvalue weighted by atomic mass is 10.2. The zero-order valence-electron chi connectivity index (χ0n) is 9.41. The van der Waals surface area contributed by atoms with Crippen LogP contribution in [0.1, 0.15) is 5.56 Å². The van der Waals surface area contributed by atoms with E-state index in [1.54, 1.807) is 12.1 Å². The molecule has 0 spiro atoms. The van der Waals surface area contributed by atoms with Crippen LogP contribution in [0.5, 0.6) is 0 Å². The third kappa shape index (κ3) is 2.07. The van der Waals surface area contributed by atoms with E-state index in [0.717, 1.165) is 0 Å². The van der Waals surface area contributed by atoms with Gasteiger partial charge in [-0.3, -0.25) is 0 Å². The van der Waals surface area contributed by atoms with Crippen molar-refractivity contribution in [3.8, 4) is 0 Å². The Labute approximate surface area is 108 Å². The fraction of sp³-hybridized carbons (Fsp3) is 0.333. The van der Waals surface area contributed by atoms with E-state index in [9.17, 15) is 10.1 Å². The van der Waals surface area contributed by atoms with E-state index in [2.05, 4.69) is 15.4 Å². The predicted octanol–water partition coefficient (Wildman–Crippen LogP) is 0.0764. The molecule has 96 valence electrons. The second kappa shape index (κ2) is 4.75. The van der Waals surface area contributed by atoms with Gasteiger partial charge in [-0.05, 0) is 12.1 Å². The van der Waals surface area contributed by atoms with E-state index in [1.165, 1.54) is 6.20 Å². The molecule has 1 aromatic heterocycles. The zero-order chi connectivity index (χ0) is 13.2. The highest BCUT2D eigenvalue weighted by atomic mass is 35.5. The first-order valence-electron chi connectivity index (χ1n) is 5.23. The molecule has 3 N–H and O–H groups in total. The van der Waals surface area contributed by atoms with Crippen LogP contribution in [0.25, 0.3) is 0 Å². The third-order valence-electron chi connectivity index (χ3n) is 2.83. The number of hydrogen-bond acceptors (Lipinski definition) is 5. The molecule has 1 aromatic rings. The Morgan fingerprint density at radius 2 is 2.44 bits per heavy atom. The molecule has 1 fully saturated rings. The van der Waals surface area contributed by atoms with E-state index in [-0.39, 0.29) is 19.0 Å². The van der Waals surface area contributed by atoms with Crippen molar-refractivity contribution in [3.63, 3.8) is 0 Å². The Bertz CT molecular complexity index is 490. The lowest BCUT2D eigenvalue weighted by molar-refractivity contribution is -1.28. The number of pyridine rings is 1. The van der Waals surface area contributed by atoms with Crippen LogP contribution in [0.4, 0.5) is 0 Å². The topological polar surface area (TPSA) is 106 Å². The normalized spacial score (nSPS) is 25.1. The molecule has 8 nitrogen and oxygen atoms in total. The maximum atomic E-state index is 11.3. The fourth-order valence-electron chi connectivity index (χ4n) is 1.93. The molecule has 1 saturated heterocycles. The van der Waals surface area contributed by atoms with E-state index >= 15 is 0 Å². The Balaban J connectivity index is 2.32. The summed E-state index contributed by atoms with van der Waals surface area (Å²) >= 11 is 5.68. The van der Waals surface area contributed by atoms with Gasteiger partial charge in [0.25, 0.3) is 0 Å². The van der Waals surface area contributed by atoms with Gasteiger partial charge in [-0.2, -0.15) is 0 Å². The van der Waals surface area contributed by atoms with Crippen molar-refractivity contribution in [1.29, 1.82) is 0 Å². The third-order valence-corrected chi connectivity index (χ3v) is 3.05. The molecule has 0 radical (unpaired) electrons. The molecule has 0 saturated carbocycles. The molecule has 0 bridgehead atoms. The largest absolute Gasteiger partial charge is 0.382 e. The second-order valence-corrected chi connectivity index (χ2v) is 4.30.